The fourth-order valence-corrected chi connectivity index (χ4v) is 2.61. The van der Waals surface area contributed by atoms with Crippen molar-refractivity contribution in [2.45, 2.75) is 0 Å². The Morgan fingerprint density at radius 2 is 2.00 bits per heavy atom. The van der Waals surface area contributed by atoms with Gasteiger partial charge in [-0.25, -0.2) is 0 Å². The Labute approximate surface area is 164 Å². The summed E-state index contributed by atoms with van der Waals surface area (Å²) in [6.45, 7) is 2.10. The number of H-pyrrole nitrogens is 1. The zero-order valence-electron chi connectivity index (χ0n) is 15.2. The number of hydrogen-bond acceptors (Lipinski definition) is 8. The van der Waals surface area contributed by atoms with Crippen LogP contribution in [0.2, 0.25) is 0 Å². The minimum atomic E-state index is -1.05. The van der Waals surface area contributed by atoms with E-state index in [1.165, 1.54) is 6.08 Å². The van der Waals surface area contributed by atoms with Crippen molar-refractivity contribution in [3.05, 3.63) is 56.1 Å². The third-order valence-electron chi connectivity index (χ3n) is 4.12. The summed E-state index contributed by atoms with van der Waals surface area (Å²) in [6.07, 6.45) is 2.98. The van der Waals surface area contributed by atoms with Crippen LogP contribution in [0.4, 0.5) is 5.69 Å². The molecule has 0 spiro atoms. The van der Waals surface area contributed by atoms with Crippen LogP contribution in [-0.4, -0.2) is 63.7 Å². The number of morpholine rings is 1. The molecule has 1 aliphatic rings. The number of hydrogen-bond donors (Lipinski definition) is 2. The Morgan fingerprint density at radius 3 is 2.62 bits per heavy atom. The molecule has 0 bridgehead atoms. The summed E-state index contributed by atoms with van der Waals surface area (Å²) >= 11 is 0. The number of aromatic hydroxyl groups is 1. The average molecular weight is 402 g/mol. The minimum Gasteiger partial charge on any atom is -0.488 e. The van der Waals surface area contributed by atoms with Crippen LogP contribution in [0.25, 0.3) is 12.2 Å². The second kappa shape index (κ2) is 8.97. The topological polar surface area (TPSA) is 148 Å². The van der Waals surface area contributed by atoms with Crippen LogP contribution in [0, 0.1) is 10.1 Å². The molecule has 1 aromatic carbocycles. The average Bonchev–Trinajstić information content (AvgIpc) is 2.71. The van der Waals surface area contributed by atoms with Crippen molar-refractivity contribution >= 4 is 23.7 Å². The highest BCUT2D eigenvalue weighted by atomic mass is 16.6. The molecule has 1 amide bonds. The lowest BCUT2D eigenvalue weighted by Gasteiger charge is -2.26. The van der Waals surface area contributed by atoms with Crippen LogP contribution in [0.1, 0.15) is 11.4 Å². The van der Waals surface area contributed by atoms with Crippen LogP contribution >= 0.6 is 0 Å². The largest absolute Gasteiger partial charge is 0.488 e. The first kappa shape index (κ1) is 20.0. The molecule has 0 unspecified atom stereocenters. The highest BCUT2D eigenvalue weighted by Gasteiger charge is 2.21. The number of nitrogens with one attached hydrogen (secondary N) is 1. The zero-order valence-corrected chi connectivity index (χ0v) is 15.2. The van der Waals surface area contributed by atoms with Crippen LogP contribution < -0.4 is 10.3 Å². The molecule has 0 atom stereocenters. The molecule has 0 saturated carbocycles. The molecule has 3 rings (SSSR count). The van der Waals surface area contributed by atoms with Gasteiger partial charge in [0.2, 0.25) is 0 Å². The highest BCUT2D eigenvalue weighted by Crippen LogP contribution is 2.18. The fourth-order valence-electron chi connectivity index (χ4n) is 2.61. The molecule has 0 aliphatic carbocycles. The molecule has 29 heavy (non-hydrogen) atoms. The van der Waals surface area contributed by atoms with Crippen molar-refractivity contribution in [1.29, 1.82) is 0 Å². The van der Waals surface area contributed by atoms with E-state index in [9.17, 15) is 24.8 Å². The number of benzene rings is 1. The van der Waals surface area contributed by atoms with E-state index in [1.807, 2.05) is 0 Å². The molecule has 2 heterocycles. The number of amides is 1. The molecule has 11 nitrogen and oxygen atoms in total. The van der Waals surface area contributed by atoms with Gasteiger partial charge in [-0.15, -0.1) is 0 Å². The predicted octanol–water partition coefficient (Wildman–Crippen LogP) is 0.792. The number of nitro groups is 1. The molecule has 11 heteroatoms. The van der Waals surface area contributed by atoms with Gasteiger partial charge in [-0.1, -0.05) is 18.2 Å². The molecule has 1 aliphatic heterocycles. The lowest BCUT2D eigenvalue weighted by molar-refractivity contribution is -0.387. The molecular weight excluding hydrogens is 384 g/mol. The SMILES string of the molecule is O=C(COc1ccc(/C=C/c2nc(O)c([N+](=O)[O-])c(=O)[nH]2)cc1)N1CCOCC1. The Bertz CT molecular complexity index is 979. The number of carbonyl (C=O) groups excluding carboxylic acids is 1. The Kier molecular flexibility index (Phi) is 6.19. The number of nitrogens with zero attached hydrogens (tertiary/aromatic N) is 3. The van der Waals surface area contributed by atoms with Gasteiger partial charge in [-0.2, -0.15) is 4.98 Å². The van der Waals surface area contributed by atoms with E-state index in [2.05, 4.69) is 9.97 Å². The first-order valence-electron chi connectivity index (χ1n) is 8.68. The van der Waals surface area contributed by atoms with Crippen molar-refractivity contribution < 1.29 is 24.3 Å². The Balaban J connectivity index is 1.59. The van der Waals surface area contributed by atoms with Gasteiger partial charge < -0.3 is 24.5 Å². The molecule has 2 aromatic rings. The van der Waals surface area contributed by atoms with Crippen LogP contribution in [0.15, 0.2) is 29.1 Å². The van der Waals surface area contributed by atoms with E-state index in [4.69, 9.17) is 9.47 Å². The van der Waals surface area contributed by atoms with E-state index in [0.717, 1.165) is 5.56 Å². The van der Waals surface area contributed by atoms with E-state index in [1.54, 1.807) is 35.2 Å². The smallest absolute Gasteiger partial charge is 0.395 e. The van der Waals surface area contributed by atoms with E-state index < -0.39 is 22.0 Å². The van der Waals surface area contributed by atoms with Gasteiger partial charge in [0.1, 0.15) is 11.6 Å². The summed E-state index contributed by atoms with van der Waals surface area (Å²) in [7, 11) is 0. The molecule has 1 saturated heterocycles. The first-order valence-corrected chi connectivity index (χ1v) is 8.68. The first-order chi connectivity index (χ1) is 13.9. The highest BCUT2D eigenvalue weighted by molar-refractivity contribution is 5.77. The maximum absolute atomic E-state index is 12.1. The van der Waals surface area contributed by atoms with Gasteiger partial charge >= 0.3 is 11.2 Å². The number of ether oxygens (including phenoxy) is 2. The van der Waals surface area contributed by atoms with Crippen molar-refractivity contribution in [2.75, 3.05) is 32.9 Å². The molecule has 0 radical (unpaired) electrons. The van der Waals surface area contributed by atoms with Crippen molar-refractivity contribution in [2.24, 2.45) is 0 Å². The van der Waals surface area contributed by atoms with Gasteiger partial charge in [0.05, 0.1) is 18.1 Å². The number of aromatic amines is 1. The lowest BCUT2D eigenvalue weighted by Crippen LogP contribution is -2.42. The number of aromatic nitrogens is 2. The Hall–Kier alpha value is -3.73. The van der Waals surface area contributed by atoms with Gasteiger partial charge in [-0.05, 0) is 23.8 Å². The third-order valence-corrected chi connectivity index (χ3v) is 4.12. The summed E-state index contributed by atoms with van der Waals surface area (Å²) in [4.78, 5) is 40.8. The predicted molar refractivity (Wildman–Crippen MR) is 101 cm³/mol. The third kappa shape index (κ3) is 5.17. The van der Waals surface area contributed by atoms with Gasteiger partial charge in [0, 0.05) is 13.1 Å². The summed E-state index contributed by atoms with van der Waals surface area (Å²) in [5, 5.41) is 20.2. The minimum absolute atomic E-state index is 0.0328. The van der Waals surface area contributed by atoms with Gasteiger partial charge in [-0.3, -0.25) is 19.7 Å². The van der Waals surface area contributed by atoms with Crippen molar-refractivity contribution in [3.63, 3.8) is 0 Å². The van der Waals surface area contributed by atoms with Crippen molar-refractivity contribution in [3.8, 4) is 11.6 Å². The number of carbonyl (C=O) groups is 1. The Morgan fingerprint density at radius 1 is 1.31 bits per heavy atom. The molecule has 2 N–H and O–H groups in total. The summed E-state index contributed by atoms with van der Waals surface area (Å²) in [6, 6.07) is 6.79. The quantitative estimate of drug-likeness (QED) is 0.532. The van der Waals surface area contributed by atoms with Gasteiger partial charge in [0.15, 0.2) is 6.61 Å². The summed E-state index contributed by atoms with van der Waals surface area (Å²) < 4.78 is 10.7. The van der Waals surface area contributed by atoms with E-state index in [0.29, 0.717) is 32.1 Å². The lowest BCUT2D eigenvalue weighted by atomic mass is 10.2. The summed E-state index contributed by atoms with van der Waals surface area (Å²) in [5.74, 6) is -0.574. The monoisotopic (exact) mass is 402 g/mol. The maximum atomic E-state index is 12.1. The zero-order chi connectivity index (χ0) is 20.8. The standard InChI is InChI=1S/C18H18N4O7/c23-15(21-7-9-28-10-8-21)11-29-13-4-1-12(2-5-13)3-6-14-19-17(24)16(22(26)27)18(25)20-14/h1-6H,7-11H2,(H2,19,20,24,25)/b6-3+. The second-order valence-corrected chi connectivity index (χ2v) is 6.06. The van der Waals surface area contributed by atoms with E-state index >= 15 is 0 Å². The number of rotatable bonds is 6. The van der Waals surface area contributed by atoms with Crippen molar-refractivity contribution in [1.82, 2.24) is 14.9 Å². The van der Waals surface area contributed by atoms with Crippen LogP contribution in [-0.2, 0) is 9.53 Å². The molecule has 152 valence electrons. The van der Waals surface area contributed by atoms with Gasteiger partial charge in [0.25, 0.3) is 11.8 Å². The van der Waals surface area contributed by atoms with Crippen LogP contribution in [0.3, 0.4) is 0 Å². The second-order valence-electron chi connectivity index (χ2n) is 6.06. The van der Waals surface area contributed by atoms with E-state index in [-0.39, 0.29) is 18.3 Å². The maximum Gasteiger partial charge on any atom is 0.395 e. The molecular formula is C18H18N4O7. The summed E-state index contributed by atoms with van der Waals surface area (Å²) in [5.41, 5.74) is -1.33. The molecule has 1 fully saturated rings. The fraction of sp³-hybridized carbons (Fsp3) is 0.278. The van der Waals surface area contributed by atoms with Crippen LogP contribution in [0.5, 0.6) is 11.6 Å². The normalized spacial score (nSPS) is 14.1. The molecule has 1 aromatic heterocycles.